The monoisotopic (exact) mass is 612 g/mol. The fraction of sp³-hybridized carbons (Fsp3) is 0.382. The van der Waals surface area contributed by atoms with Crippen LogP contribution in [0.5, 0.6) is 11.6 Å². The number of hydrogen-bond donors (Lipinski definition) is 2. The molecule has 1 aliphatic heterocycles. The van der Waals surface area contributed by atoms with Crippen molar-refractivity contribution in [2.24, 2.45) is 5.92 Å². The molecule has 3 heterocycles. The molecule has 2 aromatic heterocycles. The first-order chi connectivity index (χ1) is 21.6. The molecule has 0 spiro atoms. The number of aryl methyl sites for hydroxylation is 1. The number of rotatable bonds is 7. The molecule has 2 fully saturated rings. The predicted octanol–water partition coefficient (Wildman–Crippen LogP) is 6.90. The summed E-state index contributed by atoms with van der Waals surface area (Å²) in [7, 11) is 0. The van der Waals surface area contributed by atoms with Gasteiger partial charge in [0.15, 0.2) is 0 Å². The number of ether oxygens (including phenoxy) is 2. The Bertz CT molecular complexity index is 1740. The van der Waals surface area contributed by atoms with Gasteiger partial charge >= 0.3 is 6.09 Å². The van der Waals surface area contributed by atoms with E-state index in [4.69, 9.17) is 14.5 Å². The number of anilines is 2. The summed E-state index contributed by atoms with van der Waals surface area (Å²) >= 11 is 0. The van der Waals surface area contributed by atoms with Crippen LogP contribution in [0.15, 0.2) is 60.9 Å². The van der Waals surface area contributed by atoms with Crippen molar-refractivity contribution in [1.29, 1.82) is 0 Å². The van der Waals surface area contributed by atoms with Crippen molar-refractivity contribution in [2.75, 3.05) is 23.7 Å². The van der Waals surface area contributed by atoms with Crippen LogP contribution < -0.4 is 15.4 Å². The van der Waals surface area contributed by atoms with Gasteiger partial charge in [0.05, 0.1) is 17.2 Å². The van der Waals surface area contributed by atoms with Crippen LogP contribution in [0.2, 0.25) is 0 Å². The van der Waals surface area contributed by atoms with Crippen LogP contribution in [0, 0.1) is 12.8 Å². The summed E-state index contributed by atoms with van der Waals surface area (Å²) in [5.74, 6) is 0.483. The van der Waals surface area contributed by atoms with Crippen LogP contribution in [0.3, 0.4) is 0 Å². The first kappa shape index (κ1) is 30.2. The summed E-state index contributed by atoms with van der Waals surface area (Å²) in [6.07, 6.45) is 3.90. The number of carbonyl (C=O) groups excluding carboxylic acids is 2. The van der Waals surface area contributed by atoms with Crippen molar-refractivity contribution >= 4 is 34.4 Å². The SMILES string of the molecule is Cc1ccc2c(NC(=O)[C@@H]3C[C@H]3F)cccc2c1Oc1ncccc1-c1ccnc(N[C@H]2CCCN(C(=O)OC(C)(C)C)C2)n1. The van der Waals surface area contributed by atoms with Crippen molar-refractivity contribution in [3.8, 4) is 22.9 Å². The molecule has 2 aliphatic rings. The van der Waals surface area contributed by atoms with E-state index < -0.39 is 17.7 Å². The second kappa shape index (κ2) is 12.3. The Morgan fingerprint density at radius 2 is 1.84 bits per heavy atom. The van der Waals surface area contributed by atoms with Gasteiger partial charge in [-0.05, 0) is 76.8 Å². The highest BCUT2D eigenvalue weighted by Crippen LogP contribution is 2.40. The van der Waals surface area contributed by atoms with Gasteiger partial charge in [0.1, 0.15) is 17.5 Å². The van der Waals surface area contributed by atoms with Crippen LogP contribution in [0.25, 0.3) is 22.0 Å². The van der Waals surface area contributed by atoms with Gasteiger partial charge in [0.25, 0.3) is 0 Å². The smallest absolute Gasteiger partial charge is 0.410 e. The van der Waals surface area contributed by atoms with Crippen LogP contribution >= 0.6 is 0 Å². The maximum atomic E-state index is 13.5. The fourth-order valence-corrected chi connectivity index (χ4v) is 5.46. The lowest BCUT2D eigenvalue weighted by Gasteiger charge is -2.34. The second-order valence-corrected chi connectivity index (χ2v) is 12.6. The molecule has 1 aliphatic carbocycles. The average Bonchev–Trinajstić information content (AvgIpc) is 3.75. The average molecular weight is 613 g/mol. The standard InChI is InChI=1S/C34H37FN6O4/c1-20-12-13-22-23(9-5-11-27(22)39-30(42)25-18-26(25)35)29(20)44-31-24(10-6-15-36-31)28-14-16-37-32(40-28)38-21-8-7-17-41(19-21)33(43)45-34(2,3)4/h5-6,9-16,21,25-26H,7-8,17-19H2,1-4H3,(H,39,42)(H,37,38,40)/t21-,25+,26+/m0/s1. The highest BCUT2D eigenvalue weighted by atomic mass is 19.1. The normalized spacial score (nSPS) is 19.6. The van der Waals surface area contributed by atoms with Crippen LogP contribution in [-0.2, 0) is 9.53 Å². The molecular formula is C34H37FN6O4. The number of alkyl halides is 1. The van der Waals surface area contributed by atoms with Crippen molar-refractivity contribution in [2.45, 2.75) is 64.8 Å². The minimum atomic E-state index is -1.07. The molecule has 1 saturated heterocycles. The molecule has 11 heteroatoms. The molecule has 1 saturated carbocycles. The van der Waals surface area contributed by atoms with Gasteiger partial charge in [-0.25, -0.2) is 24.1 Å². The molecule has 2 N–H and O–H groups in total. The minimum Gasteiger partial charge on any atom is -0.444 e. The largest absolute Gasteiger partial charge is 0.444 e. The molecule has 234 valence electrons. The summed E-state index contributed by atoms with van der Waals surface area (Å²) in [4.78, 5) is 40.6. The molecular weight excluding hydrogens is 575 g/mol. The van der Waals surface area contributed by atoms with Crippen LogP contribution in [-0.4, -0.2) is 62.8 Å². The van der Waals surface area contributed by atoms with E-state index in [1.165, 1.54) is 0 Å². The van der Waals surface area contributed by atoms with Gasteiger partial charge in [-0.3, -0.25) is 4.79 Å². The third-order valence-electron chi connectivity index (χ3n) is 7.82. The molecule has 4 aromatic rings. The van der Waals surface area contributed by atoms with Crippen molar-refractivity contribution in [3.63, 3.8) is 0 Å². The molecule has 45 heavy (non-hydrogen) atoms. The third-order valence-corrected chi connectivity index (χ3v) is 7.82. The Labute approximate surface area is 261 Å². The topological polar surface area (TPSA) is 119 Å². The van der Waals surface area contributed by atoms with E-state index in [9.17, 15) is 14.0 Å². The number of benzene rings is 2. The molecule has 2 aromatic carbocycles. The zero-order valence-electron chi connectivity index (χ0n) is 25.8. The van der Waals surface area contributed by atoms with Gasteiger partial charge in [0, 0.05) is 48.0 Å². The minimum absolute atomic E-state index is 0.0325. The number of hydrogen-bond acceptors (Lipinski definition) is 8. The number of likely N-dealkylation sites (tertiary alicyclic amines) is 1. The van der Waals surface area contributed by atoms with E-state index in [0.29, 0.717) is 47.6 Å². The van der Waals surface area contributed by atoms with Crippen molar-refractivity contribution in [1.82, 2.24) is 19.9 Å². The zero-order valence-corrected chi connectivity index (χ0v) is 25.8. The van der Waals surface area contributed by atoms with E-state index in [0.717, 1.165) is 29.2 Å². The Morgan fingerprint density at radius 3 is 2.62 bits per heavy atom. The molecule has 6 rings (SSSR count). The fourth-order valence-electron chi connectivity index (χ4n) is 5.46. The van der Waals surface area contributed by atoms with Gasteiger partial charge < -0.3 is 25.0 Å². The molecule has 0 bridgehead atoms. The van der Waals surface area contributed by atoms with E-state index in [1.807, 2.05) is 64.1 Å². The van der Waals surface area contributed by atoms with Gasteiger partial charge in [-0.2, -0.15) is 0 Å². The van der Waals surface area contributed by atoms with E-state index in [-0.39, 0.29) is 24.5 Å². The van der Waals surface area contributed by atoms with E-state index in [1.54, 1.807) is 29.4 Å². The number of amides is 2. The summed E-state index contributed by atoms with van der Waals surface area (Å²) in [6.45, 7) is 8.65. The number of pyridine rings is 1. The summed E-state index contributed by atoms with van der Waals surface area (Å²) < 4.78 is 25.6. The highest BCUT2D eigenvalue weighted by Gasteiger charge is 2.43. The number of aromatic nitrogens is 3. The summed E-state index contributed by atoms with van der Waals surface area (Å²) in [5, 5.41) is 7.83. The summed E-state index contributed by atoms with van der Waals surface area (Å²) in [5.41, 5.74) is 2.21. The number of carbonyl (C=O) groups is 2. The lowest BCUT2D eigenvalue weighted by molar-refractivity contribution is -0.117. The second-order valence-electron chi connectivity index (χ2n) is 12.6. The lowest BCUT2D eigenvalue weighted by atomic mass is 10.0. The number of nitrogens with one attached hydrogen (secondary N) is 2. The van der Waals surface area contributed by atoms with E-state index in [2.05, 4.69) is 20.6 Å². The quantitative estimate of drug-likeness (QED) is 0.231. The molecule has 2 amide bonds. The van der Waals surface area contributed by atoms with Gasteiger partial charge in [-0.15, -0.1) is 0 Å². The Morgan fingerprint density at radius 1 is 1.02 bits per heavy atom. The first-order valence-corrected chi connectivity index (χ1v) is 15.2. The van der Waals surface area contributed by atoms with Gasteiger partial charge in [-0.1, -0.05) is 24.3 Å². The third kappa shape index (κ3) is 6.97. The number of piperidine rings is 1. The first-order valence-electron chi connectivity index (χ1n) is 15.2. The van der Waals surface area contributed by atoms with E-state index >= 15 is 0 Å². The maximum Gasteiger partial charge on any atom is 0.410 e. The summed E-state index contributed by atoms with van der Waals surface area (Å²) in [6, 6.07) is 14.9. The zero-order chi connectivity index (χ0) is 31.7. The Hall–Kier alpha value is -4.80. The molecule has 3 atom stereocenters. The molecule has 0 unspecified atom stereocenters. The Kier molecular flexibility index (Phi) is 8.26. The van der Waals surface area contributed by atoms with Crippen LogP contribution in [0.1, 0.15) is 45.6 Å². The predicted molar refractivity (Wildman–Crippen MR) is 170 cm³/mol. The lowest BCUT2D eigenvalue weighted by Crippen LogP contribution is -2.47. The Balaban J connectivity index is 1.23. The van der Waals surface area contributed by atoms with Crippen molar-refractivity contribution in [3.05, 3.63) is 66.5 Å². The number of fused-ring (bicyclic) bond motifs is 1. The van der Waals surface area contributed by atoms with Gasteiger partial charge in [0.2, 0.25) is 17.7 Å². The number of halogens is 1. The highest BCUT2D eigenvalue weighted by molar-refractivity contribution is 6.05. The maximum absolute atomic E-state index is 13.5. The molecule has 10 nitrogen and oxygen atoms in total. The number of nitrogens with zero attached hydrogens (tertiary/aromatic N) is 4. The van der Waals surface area contributed by atoms with Crippen LogP contribution in [0.4, 0.5) is 20.8 Å². The van der Waals surface area contributed by atoms with Crippen molar-refractivity contribution < 1.29 is 23.5 Å². The molecule has 0 radical (unpaired) electrons.